The van der Waals surface area contributed by atoms with Crippen LogP contribution in [-0.2, 0) is 0 Å². The summed E-state index contributed by atoms with van der Waals surface area (Å²) in [7, 11) is 0. The van der Waals surface area contributed by atoms with Gasteiger partial charge in [-0.05, 0) is 55.9 Å². The largest absolute Gasteiger partial charge is 0.279 e. The third-order valence-electron chi connectivity index (χ3n) is 3.04. The van der Waals surface area contributed by atoms with Gasteiger partial charge in [0.25, 0.3) is 0 Å². The van der Waals surface area contributed by atoms with Crippen molar-refractivity contribution < 1.29 is 4.39 Å². The van der Waals surface area contributed by atoms with Gasteiger partial charge in [-0.1, -0.05) is 6.92 Å². The highest BCUT2D eigenvalue weighted by Gasteiger charge is 2.13. The van der Waals surface area contributed by atoms with E-state index in [1.165, 1.54) is 30.7 Å². The second-order valence-corrected chi connectivity index (χ2v) is 4.48. The lowest BCUT2D eigenvalue weighted by Crippen LogP contribution is -2.12. The molecule has 2 nitrogen and oxygen atoms in total. The fourth-order valence-corrected chi connectivity index (χ4v) is 1.88. The summed E-state index contributed by atoms with van der Waals surface area (Å²) in [5.41, 5.74) is 5.04. The summed E-state index contributed by atoms with van der Waals surface area (Å²) in [6, 6.07) is 6.27. The molecule has 0 amide bonds. The molecule has 0 spiro atoms. The van der Waals surface area contributed by atoms with E-state index < -0.39 is 0 Å². The molecule has 0 unspecified atom stereocenters. The van der Waals surface area contributed by atoms with Gasteiger partial charge in [-0.3, -0.25) is 5.43 Å². The molecular weight excluding hydrogens is 203 g/mol. The van der Waals surface area contributed by atoms with E-state index in [0.717, 1.165) is 24.4 Å². The molecule has 3 heteroatoms. The van der Waals surface area contributed by atoms with Crippen molar-refractivity contribution >= 4 is 11.4 Å². The van der Waals surface area contributed by atoms with E-state index in [-0.39, 0.29) is 5.82 Å². The molecule has 0 bridgehead atoms. The summed E-state index contributed by atoms with van der Waals surface area (Å²) in [5, 5.41) is 4.36. The smallest absolute Gasteiger partial charge is 0.123 e. The normalized spacial score (nSPS) is 20.6. The Morgan fingerprint density at radius 2 is 1.81 bits per heavy atom. The lowest BCUT2D eigenvalue weighted by Gasteiger charge is -2.18. The Morgan fingerprint density at radius 1 is 1.19 bits per heavy atom. The van der Waals surface area contributed by atoms with Gasteiger partial charge >= 0.3 is 0 Å². The van der Waals surface area contributed by atoms with Gasteiger partial charge in [0.05, 0.1) is 5.69 Å². The predicted octanol–water partition coefficient (Wildman–Crippen LogP) is 3.80. The molecule has 1 aromatic carbocycles. The maximum Gasteiger partial charge on any atom is 0.123 e. The predicted molar refractivity (Wildman–Crippen MR) is 65.1 cm³/mol. The minimum absolute atomic E-state index is 0.218. The van der Waals surface area contributed by atoms with Gasteiger partial charge in [0, 0.05) is 5.71 Å². The third kappa shape index (κ3) is 3.05. The van der Waals surface area contributed by atoms with Crippen LogP contribution in [0.5, 0.6) is 0 Å². The highest BCUT2D eigenvalue weighted by Crippen LogP contribution is 2.21. The number of halogens is 1. The maximum absolute atomic E-state index is 12.7. The van der Waals surface area contributed by atoms with E-state index in [1.54, 1.807) is 12.1 Å². The number of anilines is 1. The highest BCUT2D eigenvalue weighted by atomic mass is 19.1. The van der Waals surface area contributed by atoms with E-state index >= 15 is 0 Å². The molecule has 1 fully saturated rings. The molecule has 0 aromatic heterocycles. The second kappa shape index (κ2) is 5.10. The zero-order chi connectivity index (χ0) is 11.4. The van der Waals surface area contributed by atoms with Gasteiger partial charge in [-0.25, -0.2) is 4.39 Å². The summed E-state index contributed by atoms with van der Waals surface area (Å²) in [6.07, 6.45) is 4.61. The molecule has 1 N–H and O–H groups in total. The number of hydrazone groups is 1. The van der Waals surface area contributed by atoms with Crippen LogP contribution in [0.2, 0.25) is 0 Å². The van der Waals surface area contributed by atoms with Gasteiger partial charge in [-0.15, -0.1) is 0 Å². The summed E-state index contributed by atoms with van der Waals surface area (Å²) < 4.78 is 12.7. The van der Waals surface area contributed by atoms with Crippen LogP contribution in [0.1, 0.15) is 32.6 Å². The molecule has 16 heavy (non-hydrogen) atoms. The third-order valence-corrected chi connectivity index (χ3v) is 3.04. The van der Waals surface area contributed by atoms with Crippen molar-refractivity contribution in [3.05, 3.63) is 30.1 Å². The second-order valence-electron chi connectivity index (χ2n) is 4.48. The fraction of sp³-hybridized carbons (Fsp3) is 0.462. The average molecular weight is 220 g/mol. The molecule has 0 radical (unpaired) electrons. The first-order valence-electron chi connectivity index (χ1n) is 5.81. The lowest BCUT2D eigenvalue weighted by molar-refractivity contribution is 0.483. The lowest BCUT2D eigenvalue weighted by atomic mass is 9.90. The number of rotatable bonds is 2. The first-order valence-corrected chi connectivity index (χ1v) is 5.81. The Bertz CT molecular complexity index is 360. The van der Waals surface area contributed by atoms with Crippen molar-refractivity contribution in [1.82, 2.24) is 0 Å². The molecule has 0 saturated heterocycles. The van der Waals surface area contributed by atoms with E-state index in [9.17, 15) is 4.39 Å². The van der Waals surface area contributed by atoms with Crippen LogP contribution in [-0.4, -0.2) is 5.71 Å². The number of hydrogen-bond acceptors (Lipinski definition) is 2. The number of nitrogens with zero attached hydrogens (tertiary/aromatic N) is 1. The molecule has 2 rings (SSSR count). The monoisotopic (exact) mass is 220 g/mol. The Morgan fingerprint density at radius 3 is 2.44 bits per heavy atom. The molecule has 0 heterocycles. The van der Waals surface area contributed by atoms with Crippen molar-refractivity contribution in [3.8, 4) is 0 Å². The number of hydrogen-bond donors (Lipinski definition) is 1. The van der Waals surface area contributed by atoms with Crippen molar-refractivity contribution in [2.45, 2.75) is 32.6 Å². The van der Waals surface area contributed by atoms with Crippen molar-refractivity contribution in [2.75, 3.05) is 5.43 Å². The van der Waals surface area contributed by atoms with Crippen LogP contribution in [0.25, 0.3) is 0 Å². The number of benzene rings is 1. The summed E-state index contributed by atoms with van der Waals surface area (Å²) in [4.78, 5) is 0. The quantitative estimate of drug-likeness (QED) is 0.753. The Labute approximate surface area is 95.6 Å². The van der Waals surface area contributed by atoms with E-state index in [0.29, 0.717) is 0 Å². The van der Waals surface area contributed by atoms with Crippen molar-refractivity contribution in [3.63, 3.8) is 0 Å². The van der Waals surface area contributed by atoms with Gasteiger partial charge in [0.2, 0.25) is 0 Å². The number of nitrogens with one attached hydrogen (secondary N) is 1. The van der Waals surface area contributed by atoms with Crippen LogP contribution in [0.3, 0.4) is 0 Å². The van der Waals surface area contributed by atoms with Crippen LogP contribution < -0.4 is 5.43 Å². The first-order chi connectivity index (χ1) is 7.74. The van der Waals surface area contributed by atoms with E-state index in [1.807, 2.05) is 0 Å². The topological polar surface area (TPSA) is 24.4 Å². The highest BCUT2D eigenvalue weighted by molar-refractivity contribution is 5.85. The molecule has 1 saturated carbocycles. The molecule has 1 aromatic rings. The van der Waals surface area contributed by atoms with Crippen LogP contribution in [0.4, 0.5) is 10.1 Å². The average Bonchev–Trinajstić information content (AvgIpc) is 2.30. The van der Waals surface area contributed by atoms with Crippen molar-refractivity contribution in [1.29, 1.82) is 0 Å². The maximum atomic E-state index is 12.7. The SMILES string of the molecule is CC1CCC(=NNc2ccc(F)cc2)CC1. The van der Waals surface area contributed by atoms with Gasteiger partial charge < -0.3 is 0 Å². The molecule has 0 aliphatic heterocycles. The summed E-state index contributed by atoms with van der Waals surface area (Å²) in [6.45, 7) is 2.28. The first kappa shape index (κ1) is 11.1. The standard InChI is InChI=1S/C13H17FN2/c1-10-2-6-12(7-3-10)15-16-13-8-4-11(14)5-9-13/h4-5,8-10,16H,2-3,6-7H2,1H3. The van der Waals surface area contributed by atoms with Gasteiger partial charge in [0.1, 0.15) is 5.82 Å². The molecule has 1 aliphatic rings. The molecular formula is C13H17FN2. The van der Waals surface area contributed by atoms with Crippen LogP contribution in [0.15, 0.2) is 29.4 Å². The zero-order valence-corrected chi connectivity index (χ0v) is 9.54. The zero-order valence-electron chi connectivity index (χ0n) is 9.54. The minimum atomic E-state index is -0.218. The Kier molecular flexibility index (Phi) is 3.54. The van der Waals surface area contributed by atoms with E-state index in [2.05, 4.69) is 17.5 Å². The Hall–Kier alpha value is -1.38. The molecule has 0 atom stereocenters. The van der Waals surface area contributed by atoms with Crippen molar-refractivity contribution in [2.24, 2.45) is 11.0 Å². The molecule has 1 aliphatic carbocycles. The molecule has 86 valence electrons. The van der Waals surface area contributed by atoms with Crippen LogP contribution >= 0.6 is 0 Å². The van der Waals surface area contributed by atoms with Gasteiger partial charge in [0.15, 0.2) is 0 Å². The Balaban J connectivity index is 1.91. The fourth-order valence-electron chi connectivity index (χ4n) is 1.88. The van der Waals surface area contributed by atoms with Gasteiger partial charge in [-0.2, -0.15) is 5.10 Å². The summed E-state index contributed by atoms with van der Waals surface area (Å²) in [5.74, 6) is 0.606. The minimum Gasteiger partial charge on any atom is -0.279 e. The van der Waals surface area contributed by atoms with E-state index in [4.69, 9.17) is 0 Å². The summed E-state index contributed by atoms with van der Waals surface area (Å²) >= 11 is 0. The van der Waals surface area contributed by atoms with Crippen LogP contribution in [0, 0.1) is 11.7 Å².